The molecule has 0 aliphatic carbocycles. The fraction of sp³-hybridized carbons (Fsp3) is 0.118. The van der Waals surface area contributed by atoms with Crippen LogP contribution in [0.25, 0.3) is 0 Å². The SMILES string of the molecule is N#CCN(CC#N)C(=O)c1cccc(Oc2ccccc2)c1. The van der Waals surface area contributed by atoms with Crippen molar-refractivity contribution >= 4 is 5.91 Å². The lowest BCUT2D eigenvalue weighted by Gasteiger charge is -2.16. The minimum absolute atomic E-state index is 0.129. The second kappa shape index (κ2) is 7.47. The molecule has 0 fully saturated rings. The highest BCUT2D eigenvalue weighted by Crippen LogP contribution is 2.22. The molecule has 5 heteroatoms. The summed E-state index contributed by atoms with van der Waals surface area (Å²) in [6.07, 6.45) is 0. The van der Waals surface area contributed by atoms with Gasteiger partial charge in [0, 0.05) is 5.56 Å². The van der Waals surface area contributed by atoms with Crippen molar-refractivity contribution in [2.24, 2.45) is 0 Å². The van der Waals surface area contributed by atoms with Crippen LogP contribution in [0.3, 0.4) is 0 Å². The van der Waals surface area contributed by atoms with Crippen LogP contribution < -0.4 is 4.74 Å². The molecule has 0 unspecified atom stereocenters. The first-order valence-electron chi connectivity index (χ1n) is 6.60. The molecule has 2 rings (SSSR count). The van der Waals surface area contributed by atoms with Crippen LogP contribution in [0.2, 0.25) is 0 Å². The zero-order valence-electron chi connectivity index (χ0n) is 11.8. The number of benzene rings is 2. The van der Waals surface area contributed by atoms with Gasteiger partial charge in [0.05, 0.1) is 12.1 Å². The highest BCUT2D eigenvalue weighted by Gasteiger charge is 2.15. The van der Waals surface area contributed by atoms with Gasteiger partial charge in [-0.3, -0.25) is 4.79 Å². The molecule has 0 heterocycles. The predicted octanol–water partition coefficient (Wildman–Crippen LogP) is 2.97. The molecule has 0 bridgehead atoms. The van der Waals surface area contributed by atoms with E-state index in [4.69, 9.17) is 15.3 Å². The van der Waals surface area contributed by atoms with Gasteiger partial charge in [0.2, 0.25) is 0 Å². The average Bonchev–Trinajstić information content (AvgIpc) is 2.55. The molecule has 1 amide bonds. The zero-order chi connectivity index (χ0) is 15.8. The van der Waals surface area contributed by atoms with Crippen molar-refractivity contribution in [3.8, 4) is 23.6 Å². The molecule has 0 atom stereocenters. The van der Waals surface area contributed by atoms with E-state index in [9.17, 15) is 4.79 Å². The van der Waals surface area contributed by atoms with E-state index in [1.54, 1.807) is 24.3 Å². The van der Waals surface area contributed by atoms with Crippen molar-refractivity contribution in [3.05, 3.63) is 60.2 Å². The average molecular weight is 291 g/mol. The van der Waals surface area contributed by atoms with Crippen molar-refractivity contribution in [3.63, 3.8) is 0 Å². The molecule has 2 aromatic carbocycles. The molecule has 0 saturated heterocycles. The van der Waals surface area contributed by atoms with Crippen LogP contribution in [-0.4, -0.2) is 23.9 Å². The summed E-state index contributed by atoms with van der Waals surface area (Å²) < 4.78 is 5.67. The van der Waals surface area contributed by atoms with Gasteiger partial charge in [-0.05, 0) is 30.3 Å². The number of carbonyl (C=O) groups is 1. The van der Waals surface area contributed by atoms with Gasteiger partial charge in [-0.15, -0.1) is 0 Å². The van der Waals surface area contributed by atoms with Crippen LogP contribution >= 0.6 is 0 Å². The fourth-order valence-electron chi connectivity index (χ4n) is 1.87. The van der Waals surface area contributed by atoms with E-state index in [1.165, 1.54) is 4.90 Å². The third-order valence-corrected chi connectivity index (χ3v) is 2.87. The molecule has 0 saturated carbocycles. The van der Waals surface area contributed by atoms with E-state index < -0.39 is 0 Å². The Hall–Kier alpha value is -3.31. The van der Waals surface area contributed by atoms with E-state index in [-0.39, 0.29) is 19.0 Å². The van der Waals surface area contributed by atoms with Crippen LogP contribution in [0.15, 0.2) is 54.6 Å². The van der Waals surface area contributed by atoms with Crippen LogP contribution in [0, 0.1) is 22.7 Å². The Morgan fingerprint density at radius 1 is 0.955 bits per heavy atom. The summed E-state index contributed by atoms with van der Waals surface area (Å²) in [4.78, 5) is 13.5. The molecule has 0 aromatic heterocycles. The normalized spacial score (nSPS) is 9.36. The Labute approximate surface area is 128 Å². The molecule has 0 N–H and O–H groups in total. The summed E-state index contributed by atoms with van der Waals surface area (Å²) in [5.74, 6) is 0.811. The Morgan fingerprint density at radius 2 is 1.59 bits per heavy atom. The molecule has 22 heavy (non-hydrogen) atoms. The Balaban J connectivity index is 2.19. The van der Waals surface area contributed by atoms with E-state index >= 15 is 0 Å². The van der Waals surface area contributed by atoms with Crippen LogP contribution in [0.5, 0.6) is 11.5 Å². The highest BCUT2D eigenvalue weighted by molar-refractivity contribution is 5.94. The first-order chi connectivity index (χ1) is 10.7. The smallest absolute Gasteiger partial charge is 0.255 e. The van der Waals surface area contributed by atoms with E-state index in [0.29, 0.717) is 17.1 Å². The van der Waals surface area contributed by atoms with E-state index in [1.807, 2.05) is 42.5 Å². The predicted molar refractivity (Wildman–Crippen MR) is 80.1 cm³/mol. The second-order valence-electron chi connectivity index (χ2n) is 4.42. The van der Waals surface area contributed by atoms with Crippen molar-refractivity contribution < 1.29 is 9.53 Å². The lowest BCUT2D eigenvalue weighted by molar-refractivity contribution is 0.0794. The summed E-state index contributed by atoms with van der Waals surface area (Å²) >= 11 is 0. The van der Waals surface area contributed by atoms with Gasteiger partial charge in [0.15, 0.2) is 0 Å². The summed E-state index contributed by atoms with van der Waals surface area (Å²) in [6, 6.07) is 19.6. The van der Waals surface area contributed by atoms with Crippen molar-refractivity contribution in [2.45, 2.75) is 0 Å². The van der Waals surface area contributed by atoms with Gasteiger partial charge >= 0.3 is 0 Å². The third kappa shape index (κ3) is 3.84. The second-order valence-corrected chi connectivity index (χ2v) is 4.42. The van der Waals surface area contributed by atoms with E-state index in [2.05, 4.69) is 0 Å². The van der Waals surface area contributed by atoms with Crippen molar-refractivity contribution in [2.75, 3.05) is 13.1 Å². The van der Waals surface area contributed by atoms with Gasteiger partial charge in [0.25, 0.3) is 5.91 Å². The molecule has 0 spiro atoms. The maximum absolute atomic E-state index is 12.3. The number of carbonyl (C=O) groups excluding carboxylic acids is 1. The van der Waals surface area contributed by atoms with Crippen LogP contribution in [0.4, 0.5) is 0 Å². The molecule has 5 nitrogen and oxygen atoms in total. The topological polar surface area (TPSA) is 77.1 Å². The number of ether oxygens (including phenoxy) is 1. The summed E-state index contributed by atoms with van der Waals surface area (Å²) in [5, 5.41) is 17.5. The minimum atomic E-state index is -0.374. The lowest BCUT2D eigenvalue weighted by Crippen LogP contribution is -2.31. The number of amides is 1. The van der Waals surface area contributed by atoms with Crippen molar-refractivity contribution in [1.82, 2.24) is 4.90 Å². The fourth-order valence-corrected chi connectivity index (χ4v) is 1.87. The number of hydrogen-bond acceptors (Lipinski definition) is 4. The molecule has 0 aliphatic rings. The molecule has 0 radical (unpaired) electrons. The number of para-hydroxylation sites is 1. The van der Waals surface area contributed by atoms with Crippen LogP contribution in [0.1, 0.15) is 10.4 Å². The Kier molecular flexibility index (Phi) is 5.12. The number of hydrogen-bond donors (Lipinski definition) is 0. The van der Waals surface area contributed by atoms with Gasteiger partial charge in [-0.25, -0.2) is 0 Å². The zero-order valence-corrected chi connectivity index (χ0v) is 11.8. The first kappa shape index (κ1) is 15.1. The number of rotatable bonds is 5. The van der Waals surface area contributed by atoms with Gasteiger partial charge in [-0.2, -0.15) is 10.5 Å². The lowest BCUT2D eigenvalue weighted by atomic mass is 10.2. The van der Waals surface area contributed by atoms with Gasteiger partial charge in [-0.1, -0.05) is 24.3 Å². The minimum Gasteiger partial charge on any atom is -0.457 e. The molecule has 0 aliphatic heterocycles. The molecular formula is C17H13N3O2. The van der Waals surface area contributed by atoms with E-state index in [0.717, 1.165) is 0 Å². The summed E-state index contributed by atoms with van der Waals surface area (Å²) in [6.45, 7) is -0.258. The van der Waals surface area contributed by atoms with Crippen LogP contribution in [-0.2, 0) is 0 Å². The first-order valence-corrected chi connectivity index (χ1v) is 6.60. The Morgan fingerprint density at radius 3 is 2.23 bits per heavy atom. The maximum atomic E-state index is 12.3. The monoisotopic (exact) mass is 291 g/mol. The largest absolute Gasteiger partial charge is 0.457 e. The molecule has 2 aromatic rings. The summed E-state index contributed by atoms with van der Waals surface area (Å²) in [7, 11) is 0. The number of nitrogens with zero attached hydrogens (tertiary/aromatic N) is 3. The highest BCUT2D eigenvalue weighted by atomic mass is 16.5. The summed E-state index contributed by atoms with van der Waals surface area (Å²) in [5.41, 5.74) is 0.374. The van der Waals surface area contributed by atoms with Crippen molar-refractivity contribution in [1.29, 1.82) is 10.5 Å². The maximum Gasteiger partial charge on any atom is 0.255 e. The van der Waals surface area contributed by atoms with Gasteiger partial charge in [0.1, 0.15) is 24.6 Å². The van der Waals surface area contributed by atoms with Gasteiger partial charge < -0.3 is 9.64 Å². The molecule has 108 valence electrons. The Bertz CT molecular complexity index is 714. The quantitative estimate of drug-likeness (QED) is 0.793. The third-order valence-electron chi connectivity index (χ3n) is 2.87. The standard InChI is InChI=1S/C17H13N3O2/c18-9-11-20(12-10-19)17(21)14-5-4-8-16(13-14)22-15-6-2-1-3-7-15/h1-8,13H,11-12H2. The molecular weight excluding hydrogens is 278 g/mol. The number of nitriles is 2.